The molecule has 2 aliphatic heterocycles. The molecule has 4 amide bonds. The number of pyridine rings is 2. The van der Waals surface area contributed by atoms with Crippen molar-refractivity contribution in [2.24, 2.45) is 12.8 Å². The van der Waals surface area contributed by atoms with E-state index in [0.29, 0.717) is 61.6 Å². The minimum atomic E-state index is -0.995. The number of rotatable bonds is 19. The molecule has 0 radical (unpaired) electrons. The third-order valence-corrected chi connectivity index (χ3v) is 11.4. The monoisotopic (exact) mass is 822 g/mol. The number of amides is 4. The molecule has 4 heterocycles. The van der Waals surface area contributed by atoms with Crippen LogP contribution in [0.1, 0.15) is 77.6 Å². The second kappa shape index (κ2) is 19.3. The van der Waals surface area contributed by atoms with E-state index in [1.807, 2.05) is 18.2 Å². The number of likely N-dealkylation sites (tertiary alicyclic amines) is 1. The maximum atomic E-state index is 13.5. The number of nitrogens with one attached hydrogen (secondary N) is 3. The van der Waals surface area contributed by atoms with E-state index in [1.54, 1.807) is 58.1 Å². The molecule has 16 nitrogen and oxygen atoms in total. The summed E-state index contributed by atoms with van der Waals surface area (Å²) in [6.45, 7) is 2.36. The van der Waals surface area contributed by atoms with Crippen LogP contribution in [0.2, 0.25) is 0 Å². The Hall–Kier alpha value is -6.13. The number of hydrogen-bond acceptors (Lipinski definition) is 12. The van der Waals surface area contributed by atoms with Gasteiger partial charge in [0.1, 0.15) is 23.1 Å². The molecule has 0 bridgehead atoms. The highest BCUT2D eigenvalue weighted by molar-refractivity contribution is 6.09. The molecule has 2 saturated heterocycles. The number of ether oxygens (including phenoxy) is 2. The van der Waals surface area contributed by atoms with Crippen molar-refractivity contribution in [1.29, 1.82) is 0 Å². The maximum Gasteiger partial charge on any atom is 0.259 e. The number of methoxy groups -OCH3 is 2. The van der Waals surface area contributed by atoms with E-state index >= 15 is 0 Å². The first-order chi connectivity index (χ1) is 28.9. The zero-order valence-electron chi connectivity index (χ0n) is 34.7. The van der Waals surface area contributed by atoms with Crippen LogP contribution in [-0.2, 0) is 28.0 Å². The third kappa shape index (κ3) is 9.50. The first-order valence-corrected chi connectivity index (χ1v) is 20.3. The lowest BCUT2D eigenvalue weighted by atomic mass is 9.89. The minimum Gasteiger partial charge on any atom is -0.496 e. The van der Waals surface area contributed by atoms with Gasteiger partial charge in [-0.15, -0.1) is 0 Å². The second-order valence-electron chi connectivity index (χ2n) is 15.6. The fraction of sp³-hybridized carbons (Fsp3) is 0.432. The number of aldehydes is 1. The molecule has 2 aliphatic rings. The summed E-state index contributed by atoms with van der Waals surface area (Å²) in [5.74, 6) is -0.281. The molecule has 0 aliphatic carbocycles. The van der Waals surface area contributed by atoms with Gasteiger partial charge in [0.2, 0.25) is 17.7 Å². The summed E-state index contributed by atoms with van der Waals surface area (Å²) >= 11 is 0. The fourth-order valence-corrected chi connectivity index (χ4v) is 8.05. The molecular weight excluding hydrogens is 769 g/mol. The summed E-state index contributed by atoms with van der Waals surface area (Å²) in [7, 11) is 6.42. The Labute approximate surface area is 348 Å². The van der Waals surface area contributed by atoms with Gasteiger partial charge < -0.3 is 35.3 Å². The molecule has 0 saturated carbocycles. The van der Waals surface area contributed by atoms with Gasteiger partial charge in [-0.05, 0) is 54.5 Å². The number of imide groups is 1. The number of aromatic nitrogens is 2. The molecule has 2 aromatic heterocycles. The van der Waals surface area contributed by atoms with Crippen LogP contribution in [-0.4, -0.2) is 108 Å². The normalized spacial score (nSPS) is 16.1. The van der Waals surface area contributed by atoms with E-state index < -0.39 is 23.4 Å². The van der Waals surface area contributed by atoms with Crippen molar-refractivity contribution in [3.8, 4) is 22.6 Å². The van der Waals surface area contributed by atoms with Crippen molar-refractivity contribution in [1.82, 2.24) is 30.0 Å². The number of carbonyl (C=O) groups excluding carboxylic acids is 5. The smallest absolute Gasteiger partial charge is 0.259 e. The van der Waals surface area contributed by atoms with Crippen LogP contribution in [0.4, 0.5) is 5.69 Å². The van der Waals surface area contributed by atoms with Gasteiger partial charge in [-0.2, -0.15) is 0 Å². The molecular formula is C44H54N8O8. The van der Waals surface area contributed by atoms with Gasteiger partial charge in [-0.3, -0.25) is 44.0 Å². The number of nitrogens with zero attached hydrogens (tertiary/aromatic N) is 4. The van der Waals surface area contributed by atoms with Crippen molar-refractivity contribution in [3.63, 3.8) is 0 Å². The lowest BCUT2D eigenvalue weighted by Crippen LogP contribution is -2.73. The zero-order chi connectivity index (χ0) is 43.0. The molecule has 2 aromatic carbocycles. The van der Waals surface area contributed by atoms with Crippen molar-refractivity contribution in [2.45, 2.75) is 69.5 Å². The highest BCUT2D eigenvalue weighted by Crippen LogP contribution is 2.39. The molecule has 1 atom stereocenters. The Morgan fingerprint density at radius 1 is 1.00 bits per heavy atom. The van der Waals surface area contributed by atoms with Crippen LogP contribution in [0, 0.1) is 0 Å². The fourth-order valence-electron chi connectivity index (χ4n) is 8.05. The minimum absolute atomic E-state index is 0.129. The van der Waals surface area contributed by atoms with Gasteiger partial charge in [0.25, 0.3) is 11.5 Å². The average Bonchev–Trinajstić information content (AvgIpc) is 3.24. The highest BCUT2D eigenvalue weighted by Gasteiger charge is 2.46. The Morgan fingerprint density at radius 3 is 2.35 bits per heavy atom. The SMILES string of the molecule is COc1cc(-c2cn(C)c(=O)c3cnccc23)cc(OC)c1CN1CC(N)(C(=O)NCCCCCCCCNc2cccc(C=O)c2C(=O)N(C)C2CCC(=O)NC2=O)C1. The molecule has 2 fully saturated rings. The first-order valence-electron chi connectivity index (χ1n) is 20.3. The standard InChI is InChI=1S/C44H54N8O8/c1-50-23-32(30-16-19-46-22-31(30)41(50)56)29-20-36(59-3)33(37(21-29)60-4)24-52-26-44(45,27-52)43(58)48-18-10-8-6-5-7-9-17-47-34-13-11-12-28(25-53)39(34)42(57)51(2)35-14-15-38(54)49-40(35)55/h11-13,16,19-23,25,35,47H,5-10,14-15,17-18,24,26-27,45H2,1-4H3,(H,48,58)(H,49,54,55). The van der Waals surface area contributed by atoms with Crippen LogP contribution in [0.25, 0.3) is 21.9 Å². The number of fused-ring (bicyclic) bond motifs is 1. The number of nitrogens with two attached hydrogens (primary N) is 1. The van der Waals surface area contributed by atoms with Crippen molar-refractivity contribution >= 4 is 46.4 Å². The lowest BCUT2D eigenvalue weighted by Gasteiger charge is -2.46. The van der Waals surface area contributed by atoms with Crippen LogP contribution >= 0.6 is 0 Å². The Bertz CT molecular complexity index is 2300. The van der Waals surface area contributed by atoms with E-state index in [9.17, 15) is 28.8 Å². The Kier molecular flexibility index (Phi) is 14.0. The average molecular weight is 823 g/mol. The van der Waals surface area contributed by atoms with Crippen LogP contribution in [0.5, 0.6) is 11.5 Å². The predicted molar refractivity (Wildman–Crippen MR) is 227 cm³/mol. The van der Waals surface area contributed by atoms with E-state index in [1.165, 1.54) is 16.5 Å². The highest BCUT2D eigenvalue weighted by atomic mass is 16.5. The van der Waals surface area contributed by atoms with E-state index in [0.717, 1.165) is 60.6 Å². The predicted octanol–water partition coefficient (Wildman–Crippen LogP) is 3.39. The molecule has 4 aromatic rings. The van der Waals surface area contributed by atoms with Crippen LogP contribution < -0.4 is 36.7 Å². The molecule has 1 unspecified atom stereocenters. The topological polar surface area (TPSA) is 207 Å². The zero-order valence-corrected chi connectivity index (χ0v) is 34.7. The summed E-state index contributed by atoms with van der Waals surface area (Å²) in [6, 6.07) is 9.90. The lowest BCUT2D eigenvalue weighted by molar-refractivity contribution is -0.136. The molecule has 5 N–H and O–H groups in total. The summed E-state index contributed by atoms with van der Waals surface area (Å²) in [6.07, 6.45) is 11.6. The second-order valence-corrected chi connectivity index (χ2v) is 15.6. The number of likely N-dealkylation sites (N-methyl/N-ethyl adjacent to an activating group) is 1. The van der Waals surface area contributed by atoms with Gasteiger partial charge in [0, 0.05) is 88.6 Å². The number of aryl methyl sites for hydroxylation is 1. The number of unbranched alkanes of at least 4 members (excludes halogenated alkanes) is 5. The van der Waals surface area contributed by atoms with E-state index in [4.69, 9.17) is 15.2 Å². The summed E-state index contributed by atoms with van der Waals surface area (Å²) in [4.78, 5) is 82.6. The number of carbonyl (C=O) groups is 5. The first kappa shape index (κ1) is 43.4. The quantitative estimate of drug-likeness (QED) is 0.0610. The summed E-state index contributed by atoms with van der Waals surface area (Å²) in [5.41, 5.74) is 8.87. The summed E-state index contributed by atoms with van der Waals surface area (Å²) < 4.78 is 13.2. The Morgan fingerprint density at radius 2 is 1.68 bits per heavy atom. The van der Waals surface area contributed by atoms with Crippen LogP contribution in [0.15, 0.2) is 59.8 Å². The largest absolute Gasteiger partial charge is 0.496 e. The van der Waals surface area contributed by atoms with E-state index in [2.05, 4.69) is 25.8 Å². The van der Waals surface area contributed by atoms with Crippen LogP contribution in [0.3, 0.4) is 0 Å². The maximum absolute atomic E-state index is 13.5. The molecule has 16 heteroatoms. The summed E-state index contributed by atoms with van der Waals surface area (Å²) in [5, 5.41) is 9.88. The molecule has 0 spiro atoms. The number of anilines is 1. The number of piperidine rings is 1. The van der Waals surface area contributed by atoms with Crippen molar-refractivity contribution in [2.75, 3.05) is 52.8 Å². The molecule has 60 heavy (non-hydrogen) atoms. The van der Waals surface area contributed by atoms with Gasteiger partial charge in [-0.25, -0.2) is 0 Å². The van der Waals surface area contributed by atoms with Gasteiger partial charge in [0.15, 0.2) is 6.29 Å². The molecule has 318 valence electrons. The number of benzene rings is 2. The van der Waals surface area contributed by atoms with Gasteiger partial charge in [-0.1, -0.05) is 37.8 Å². The number of hydrogen-bond donors (Lipinski definition) is 4. The van der Waals surface area contributed by atoms with Gasteiger partial charge in [0.05, 0.1) is 30.7 Å². The van der Waals surface area contributed by atoms with E-state index in [-0.39, 0.29) is 41.3 Å². The van der Waals surface area contributed by atoms with Crippen molar-refractivity contribution < 1.29 is 33.4 Å². The Balaban J connectivity index is 0.910. The third-order valence-electron chi connectivity index (χ3n) is 11.4. The van der Waals surface area contributed by atoms with Crippen molar-refractivity contribution in [3.05, 3.63) is 82.0 Å². The van der Waals surface area contributed by atoms with Gasteiger partial charge >= 0.3 is 0 Å². The molecule has 6 rings (SSSR count).